The highest BCUT2D eigenvalue weighted by molar-refractivity contribution is 6.31. The number of aromatic hydroxyl groups is 4. The Bertz CT molecular complexity index is 4540. The van der Waals surface area contributed by atoms with Crippen LogP contribution in [0.25, 0.3) is 0 Å². The number of phenols is 4. The molecule has 8 aromatic carbocycles. The van der Waals surface area contributed by atoms with E-state index in [1.807, 2.05) is 78.9 Å². The van der Waals surface area contributed by atoms with Gasteiger partial charge in [-0.15, -0.1) is 0 Å². The molecule has 0 saturated carbocycles. The van der Waals surface area contributed by atoms with Crippen LogP contribution in [0.3, 0.4) is 0 Å². The second-order valence-electron chi connectivity index (χ2n) is 33.8. The fourth-order valence-corrected chi connectivity index (χ4v) is 14.7. The Morgan fingerprint density at radius 2 is 0.737 bits per heavy atom. The van der Waals surface area contributed by atoms with Crippen LogP contribution in [-0.2, 0) is 25.8 Å². The van der Waals surface area contributed by atoms with Crippen LogP contribution in [0.2, 0.25) is 15.1 Å². The molecule has 730 valence electrons. The first-order chi connectivity index (χ1) is 64.3. The number of phenolic OH excluding ortho intramolecular Hbond substituents is 4. The van der Waals surface area contributed by atoms with E-state index in [1.165, 1.54) is 168 Å². The molecule has 2 fully saturated rings. The third-order valence-corrected chi connectivity index (χ3v) is 22.4. The van der Waals surface area contributed by atoms with Crippen molar-refractivity contribution in [1.82, 2.24) is 15.1 Å². The Kier molecular flexibility index (Phi) is 63.4. The summed E-state index contributed by atoms with van der Waals surface area (Å²) in [6, 6.07) is 52.5. The number of para-hydroxylation sites is 5. The highest BCUT2D eigenvalue weighted by Crippen LogP contribution is 2.30. The van der Waals surface area contributed by atoms with Gasteiger partial charge in [0, 0.05) is 52.9 Å². The van der Waals surface area contributed by atoms with E-state index in [2.05, 4.69) is 15.1 Å². The molecule has 10 rings (SSSR count). The lowest BCUT2D eigenvalue weighted by Crippen LogP contribution is -2.30. The molecule has 1 amide bonds. The lowest BCUT2D eigenvalue weighted by Gasteiger charge is -2.26. The van der Waals surface area contributed by atoms with Gasteiger partial charge in [0.25, 0.3) is 5.91 Å². The van der Waals surface area contributed by atoms with Crippen LogP contribution in [0.15, 0.2) is 182 Å². The van der Waals surface area contributed by atoms with Gasteiger partial charge < -0.3 is 88.9 Å². The predicted molar refractivity (Wildman–Crippen MR) is 539 cm³/mol. The van der Waals surface area contributed by atoms with Gasteiger partial charge >= 0.3 is 0 Å². The van der Waals surface area contributed by atoms with Crippen molar-refractivity contribution in [3.8, 4) is 57.5 Å². The van der Waals surface area contributed by atoms with Crippen LogP contribution < -0.4 is 39.5 Å². The predicted octanol–water partition coefficient (Wildman–Crippen LogP) is 26.4. The number of likely N-dealkylation sites (tertiary alicyclic amines) is 2. The number of ketones is 6. The number of nitrogens with two attached hydrogens (primary N) is 1. The molecule has 2 saturated heterocycles. The number of benzene rings is 8. The molecule has 8 aromatic rings. The molecule has 0 spiro atoms. The summed E-state index contributed by atoms with van der Waals surface area (Å²) in [5.41, 5.74) is 8.58. The number of carbonyl (C=O) groups excluding carboxylic acids is 7. The lowest BCUT2D eigenvalue weighted by molar-refractivity contribution is -0.118. The van der Waals surface area contributed by atoms with E-state index in [0.717, 1.165) is 126 Å². The van der Waals surface area contributed by atoms with Crippen LogP contribution >= 0.6 is 34.8 Å². The van der Waals surface area contributed by atoms with Crippen molar-refractivity contribution >= 4 is 81.1 Å². The number of hydrogen-bond donors (Lipinski definition) is 6. The number of amides is 1. The first-order valence-corrected chi connectivity index (χ1v) is 49.2. The fourth-order valence-electron chi connectivity index (χ4n) is 14.2. The maximum Gasteiger partial charge on any atom is 0.255 e. The van der Waals surface area contributed by atoms with Gasteiger partial charge in [-0.1, -0.05) is 192 Å². The van der Waals surface area contributed by atoms with Crippen LogP contribution in [0.5, 0.6) is 57.5 Å². The van der Waals surface area contributed by atoms with Gasteiger partial charge in [-0.3, -0.25) is 14.4 Å². The molecule has 0 aromatic heterocycles. The van der Waals surface area contributed by atoms with Crippen molar-refractivity contribution in [2.45, 2.75) is 273 Å². The molecule has 0 bridgehead atoms. The normalized spacial score (nSPS) is 12.0. The number of hydrogen-bond acceptors (Lipinski definition) is 20. The fraction of sp³-hybridized carbons (Fsp3) is 0.495. The summed E-state index contributed by atoms with van der Waals surface area (Å²) in [5, 5.41) is 42.2. The first-order valence-electron chi connectivity index (χ1n) is 48.1. The van der Waals surface area contributed by atoms with E-state index in [4.69, 9.17) is 74.1 Å². The van der Waals surface area contributed by atoms with Gasteiger partial charge in [-0.25, -0.2) is 0 Å². The number of carbonyl (C=O) groups is 7. The van der Waals surface area contributed by atoms with E-state index < -0.39 is 0 Å². The Hall–Kier alpha value is -10.2. The second-order valence-corrected chi connectivity index (χ2v) is 35.1. The van der Waals surface area contributed by atoms with Crippen LogP contribution in [0.4, 0.5) is 5.69 Å². The molecular weight excluding hydrogens is 1740 g/mol. The molecule has 2 heterocycles. The van der Waals surface area contributed by atoms with Crippen LogP contribution in [-0.4, -0.2) is 150 Å². The molecule has 133 heavy (non-hydrogen) atoms. The molecule has 24 heteroatoms. The number of nitrogens with zero attached hydrogens (tertiary/aromatic N) is 2. The van der Waals surface area contributed by atoms with E-state index in [9.17, 15) is 48.9 Å². The summed E-state index contributed by atoms with van der Waals surface area (Å²) in [5.74, 6) is 5.22. The molecule has 21 nitrogen and oxygen atoms in total. The smallest absolute Gasteiger partial charge is 0.255 e. The summed E-state index contributed by atoms with van der Waals surface area (Å²) in [7, 11) is 0. The Balaban J connectivity index is 0.000000325. The standard InChI is InChI=1S/C19H31NO2.C18H29NO2.C17H16O3.C15H21ClO2.C15H22O3.C13H16ClNO3.C12H16ClNO2/c21-18-12-6-7-13-19(18)22-17-11-4-2-1-3-8-14-20-15-9-5-10-16-20;20-17-11-5-6-12-18(17)21-16-10-3-1-2-7-13-19-14-8-4-9-15-19;1-12(18)15-7-5-6-14(10-15)11-20-17-9-4-3-8-16(17)13(2)19;1-13(17)8-5-3-2-4-6-11-18-15-10-7-9-14(16)12-15;1-13(16)7-5-3-2-4-6-12-18-15-10-8-14(17)9-11-15;1-9(16)4-2-3-7-15-13(18)11-6-5-10(14)8-12(11)17;1-9(15)4-2-3-7-16-12-6-5-10(13)8-11(12)14/h6-7,12-13,21H,1-5,8-11,14-17H2;5-6,11-12,20H,1-4,7-10,13-16H2;3-10H,11H2,1-2H3;7,9-10,12H,2-6,8,11H2,1H3;8-11,17H,2-7,12H2,1H3;5-6,8,17H,2-4,7H2,1H3,(H,15,18);5-6,8H,2-4,7,14H2,1H3. The minimum atomic E-state index is -0.341. The molecule has 2 aliphatic rings. The Morgan fingerprint density at radius 1 is 0.331 bits per heavy atom. The number of unbranched alkanes of at least 4 members (excludes halogenated alkanes) is 19. The first kappa shape index (κ1) is 115. The van der Waals surface area contributed by atoms with E-state index >= 15 is 0 Å². The van der Waals surface area contributed by atoms with Gasteiger partial charge in [-0.05, 0) is 310 Å². The third kappa shape index (κ3) is 58.6. The number of piperidine rings is 2. The maximum atomic E-state index is 11.7. The van der Waals surface area contributed by atoms with E-state index in [-0.39, 0.29) is 63.4 Å². The van der Waals surface area contributed by atoms with Crippen molar-refractivity contribution in [3.05, 3.63) is 219 Å². The van der Waals surface area contributed by atoms with Crippen molar-refractivity contribution in [2.75, 3.05) is 84.6 Å². The quantitative estimate of drug-likeness (QED) is 0.0117. The number of rotatable bonds is 54. The topological polar surface area (TPSA) is 300 Å². The molecule has 0 radical (unpaired) electrons. The van der Waals surface area contributed by atoms with E-state index in [0.29, 0.717) is 120 Å². The molecule has 0 aliphatic carbocycles. The summed E-state index contributed by atoms with van der Waals surface area (Å²) in [6.07, 6.45) is 39.0. The number of Topliss-reactive ketones (excluding diaryl/α,β-unsaturated/α-hetero) is 6. The summed E-state index contributed by atoms with van der Waals surface area (Å²) in [4.78, 5) is 82.6. The van der Waals surface area contributed by atoms with Crippen molar-refractivity contribution in [3.63, 3.8) is 0 Å². The van der Waals surface area contributed by atoms with Crippen LogP contribution in [0.1, 0.15) is 303 Å². The zero-order valence-electron chi connectivity index (χ0n) is 80.0. The Labute approximate surface area is 807 Å². The molecule has 0 unspecified atom stereocenters. The number of nitrogen functional groups attached to an aromatic ring is 1. The molecule has 7 N–H and O–H groups in total. The van der Waals surface area contributed by atoms with Gasteiger partial charge in [0.1, 0.15) is 64.2 Å². The molecule has 2 aliphatic heterocycles. The van der Waals surface area contributed by atoms with Crippen molar-refractivity contribution < 1.29 is 82.4 Å². The van der Waals surface area contributed by atoms with Crippen molar-refractivity contribution in [1.29, 1.82) is 0 Å². The lowest BCUT2D eigenvalue weighted by atomic mass is 10.1. The highest BCUT2D eigenvalue weighted by Gasteiger charge is 2.15. The third-order valence-electron chi connectivity index (χ3n) is 21.7. The number of nitrogens with one attached hydrogen (secondary N) is 1. The minimum absolute atomic E-state index is 0.0241. The number of ether oxygens (including phenoxy) is 6. The zero-order chi connectivity index (χ0) is 96.7. The van der Waals surface area contributed by atoms with Crippen molar-refractivity contribution in [2.24, 2.45) is 0 Å². The zero-order valence-corrected chi connectivity index (χ0v) is 82.2. The summed E-state index contributed by atoms with van der Waals surface area (Å²) < 4.78 is 33.5. The number of halogens is 3. The molecular formula is C109H151Cl3N4O17. The van der Waals surface area contributed by atoms with Gasteiger partial charge in [0.05, 0.1) is 49.8 Å². The largest absolute Gasteiger partial charge is 0.508 e. The average molecular weight is 1900 g/mol. The minimum Gasteiger partial charge on any atom is -0.508 e. The summed E-state index contributed by atoms with van der Waals surface area (Å²) >= 11 is 17.3. The second kappa shape index (κ2) is 73.3. The highest BCUT2D eigenvalue weighted by atomic mass is 35.5. The maximum absolute atomic E-state index is 11.7. The van der Waals surface area contributed by atoms with E-state index in [1.54, 1.807) is 119 Å². The Morgan fingerprint density at radius 3 is 1.21 bits per heavy atom. The SMILES string of the molecule is CC(=O)CCCCCCCOc1ccc(O)cc1.CC(=O)CCCCCCCOc1cccc(Cl)c1.CC(=O)CCCCNC(=O)c1ccc(Cl)cc1O.CC(=O)CCCCOc1ccc(Cl)cc1N.CC(=O)c1cccc(COc2ccccc2C(C)=O)c1.Oc1ccccc1OCCCCCCCCN1CCCCC1.Oc1ccccc1OCCCCCCCN1CCCCC1. The molecule has 0 atom stereocenters. The van der Waals surface area contributed by atoms with Gasteiger partial charge in [-0.2, -0.15) is 0 Å². The van der Waals surface area contributed by atoms with Gasteiger partial charge in [0.15, 0.2) is 34.6 Å². The van der Waals surface area contributed by atoms with Crippen LogP contribution in [0, 0.1) is 0 Å². The monoisotopic (exact) mass is 1890 g/mol. The number of anilines is 1. The average Bonchev–Trinajstić information content (AvgIpc) is 0.952. The summed E-state index contributed by atoms with van der Waals surface area (Å²) in [6.45, 7) is 21.6. The van der Waals surface area contributed by atoms with Gasteiger partial charge in [0.2, 0.25) is 0 Å².